The Labute approximate surface area is 176 Å². The van der Waals surface area contributed by atoms with Crippen molar-refractivity contribution in [1.29, 1.82) is 0 Å². The normalized spacial score (nSPS) is 18.8. The van der Waals surface area contributed by atoms with Crippen LogP contribution in [0.25, 0.3) is 0 Å². The van der Waals surface area contributed by atoms with Crippen LogP contribution >= 0.6 is 11.6 Å². The van der Waals surface area contributed by atoms with Gasteiger partial charge in [-0.1, -0.05) is 35.9 Å². The zero-order valence-electron chi connectivity index (χ0n) is 16.7. The number of nitrogens with one attached hydrogen (secondary N) is 3. The van der Waals surface area contributed by atoms with Crippen LogP contribution in [0.5, 0.6) is 0 Å². The van der Waals surface area contributed by atoms with Crippen molar-refractivity contribution in [2.24, 2.45) is 0 Å². The predicted molar refractivity (Wildman–Crippen MR) is 111 cm³/mol. The summed E-state index contributed by atoms with van der Waals surface area (Å²) < 4.78 is 4.69. The quantitative estimate of drug-likeness (QED) is 0.543. The van der Waals surface area contributed by atoms with Gasteiger partial charge in [-0.25, -0.2) is 4.79 Å². The third kappa shape index (κ3) is 6.56. The SMILES string of the molecule is COC(=O)c1ccc(CNC(=O)C[NH+]2CC[NH+](Cc3ccc(Cl)cc3)CC2)cc1. The molecule has 154 valence electrons. The van der Waals surface area contributed by atoms with E-state index in [1.807, 2.05) is 24.3 Å². The van der Waals surface area contributed by atoms with E-state index >= 15 is 0 Å². The molecule has 29 heavy (non-hydrogen) atoms. The molecule has 1 saturated heterocycles. The van der Waals surface area contributed by atoms with Gasteiger partial charge in [0.2, 0.25) is 0 Å². The van der Waals surface area contributed by atoms with Gasteiger partial charge in [0, 0.05) is 17.1 Å². The molecule has 6 nitrogen and oxygen atoms in total. The number of amides is 1. The molecule has 0 bridgehead atoms. The fourth-order valence-electron chi connectivity index (χ4n) is 3.57. The Bertz CT molecular complexity index is 816. The third-order valence-electron chi connectivity index (χ3n) is 5.31. The minimum absolute atomic E-state index is 0.0539. The Kier molecular flexibility index (Phi) is 7.63. The molecule has 1 aliphatic heterocycles. The number of methoxy groups -OCH3 is 1. The van der Waals surface area contributed by atoms with Crippen molar-refractivity contribution in [1.82, 2.24) is 5.32 Å². The predicted octanol–water partition coefficient (Wildman–Crippen LogP) is -0.274. The standard InChI is InChI=1S/C22H26ClN3O3/c1-29-22(28)19-6-2-17(3-7-19)14-24-21(27)16-26-12-10-25(11-13-26)15-18-4-8-20(23)9-5-18/h2-9H,10-16H2,1H3,(H,24,27)/p+2. The number of esters is 1. The van der Waals surface area contributed by atoms with E-state index in [4.69, 9.17) is 11.6 Å². The molecule has 1 fully saturated rings. The van der Waals surface area contributed by atoms with E-state index in [0.717, 1.165) is 43.3 Å². The van der Waals surface area contributed by atoms with Gasteiger partial charge in [-0.15, -0.1) is 0 Å². The third-order valence-corrected chi connectivity index (χ3v) is 5.56. The fraction of sp³-hybridized carbons (Fsp3) is 0.364. The summed E-state index contributed by atoms with van der Waals surface area (Å²) in [6, 6.07) is 15.1. The highest BCUT2D eigenvalue weighted by atomic mass is 35.5. The first-order valence-corrected chi connectivity index (χ1v) is 10.3. The molecule has 0 saturated carbocycles. The van der Waals surface area contributed by atoms with Gasteiger partial charge in [-0.05, 0) is 29.8 Å². The van der Waals surface area contributed by atoms with Gasteiger partial charge in [0.1, 0.15) is 32.7 Å². The summed E-state index contributed by atoms with van der Waals surface area (Å²) in [6.45, 7) is 6.04. The first-order valence-electron chi connectivity index (χ1n) is 9.89. The van der Waals surface area contributed by atoms with Crippen LogP contribution in [0.15, 0.2) is 48.5 Å². The van der Waals surface area contributed by atoms with Crippen molar-refractivity contribution in [2.45, 2.75) is 13.1 Å². The molecule has 0 radical (unpaired) electrons. The smallest absolute Gasteiger partial charge is 0.337 e. The van der Waals surface area contributed by atoms with Crippen LogP contribution in [-0.2, 0) is 22.6 Å². The molecule has 1 aliphatic rings. The van der Waals surface area contributed by atoms with Gasteiger partial charge in [0.25, 0.3) is 5.91 Å². The molecule has 7 heteroatoms. The molecule has 2 aromatic carbocycles. The maximum Gasteiger partial charge on any atom is 0.337 e. The van der Waals surface area contributed by atoms with Crippen molar-refractivity contribution < 1.29 is 24.1 Å². The van der Waals surface area contributed by atoms with Crippen LogP contribution in [0.3, 0.4) is 0 Å². The van der Waals surface area contributed by atoms with Crippen LogP contribution < -0.4 is 15.1 Å². The number of carbonyl (C=O) groups excluding carboxylic acids is 2. The highest BCUT2D eigenvalue weighted by Gasteiger charge is 2.24. The topological polar surface area (TPSA) is 64.3 Å². The lowest BCUT2D eigenvalue weighted by Crippen LogP contribution is -3.28. The fourth-order valence-corrected chi connectivity index (χ4v) is 3.69. The van der Waals surface area contributed by atoms with E-state index in [9.17, 15) is 9.59 Å². The van der Waals surface area contributed by atoms with Gasteiger partial charge < -0.3 is 19.9 Å². The number of quaternary nitrogens is 2. The summed E-state index contributed by atoms with van der Waals surface area (Å²) in [6.07, 6.45) is 0. The lowest BCUT2D eigenvalue weighted by molar-refractivity contribution is -1.02. The van der Waals surface area contributed by atoms with Crippen LogP contribution in [0.1, 0.15) is 21.5 Å². The molecule has 1 heterocycles. The number of ether oxygens (including phenoxy) is 1. The van der Waals surface area contributed by atoms with Crippen molar-refractivity contribution in [3.05, 3.63) is 70.2 Å². The van der Waals surface area contributed by atoms with Crippen LogP contribution in [0.4, 0.5) is 0 Å². The molecular formula is C22H28ClN3O3+2. The lowest BCUT2D eigenvalue weighted by Gasteiger charge is -2.29. The van der Waals surface area contributed by atoms with E-state index in [-0.39, 0.29) is 11.9 Å². The van der Waals surface area contributed by atoms with E-state index < -0.39 is 0 Å². The summed E-state index contributed by atoms with van der Waals surface area (Å²) in [5.74, 6) is -0.306. The van der Waals surface area contributed by atoms with Crippen molar-refractivity contribution in [3.63, 3.8) is 0 Å². The molecular weight excluding hydrogens is 390 g/mol. The first kappa shape index (κ1) is 21.3. The zero-order valence-corrected chi connectivity index (χ0v) is 17.4. The van der Waals surface area contributed by atoms with Crippen molar-refractivity contribution in [2.75, 3.05) is 39.8 Å². The largest absolute Gasteiger partial charge is 0.465 e. The van der Waals surface area contributed by atoms with Crippen molar-refractivity contribution >= 4 is 23.5 Å². The second kappa shape index (κ2) is 10.4. The van der Waals surface area contributed by atoms with E-state index in [1.54, 1.807) is 17.0 Å². The summed E-state index contributed by atoms with van der Waals surface area (Å²) in [5.41, 5.74) is 2.76. The molecule has 0 spiro atoms. The molecule has 0 atom stereocenters. The summed E-state index contributed by atoms with van der Waals surface area (Å²) >= 11 is 5.95. The molecule has 0 unspecified atom stereocenters. The number of hydrogen-bond acceptors (Lipinski definition) is 3. The summed E-state index contributed by atoms with van der Waals surface area (Å²) in [5, 5.41) is 3.74. The number of piperazine rings is 1. The first-order chi connectivity index (χ1) is 14.0. The Morgan fingerprint density at radius 2 is 1.52 bits per heavy atom. The Morgan fingerprint density at radius 1 is 0.931 bits per heavy atom. The number of rotatable bonds is 7. The Balaban J connectivity index is 1.37. The highest BCUT2D eigenvalue weighted by Crippen LogP contribution is 2.08. The minimum atomic E-state index is -0.360. The van der Waals surface area contributed by atoms with Crippen LogP contribution in [-0.4, -0.2) is 51.7 Å². The summed E-state index contributed by atoms with van der Waals surface area (Å²) in [7, 11) is 1.36. The maximum absolute atomic E-state index is 12.3. The molecule has 0 aliphatic carbocycles. The van der Waals surface area contributed by atoms with Gasteiger partial charge in [-0.2, -0.15) is 0 Å². The Hall–Kier alpha value is -2.41. The lowest BCUT2D eigenvalue weighted by atomic mass is 10.1. The number of benzene rings is 2. The maximum atomic E-state index is 12.3. The van der Waals surface area contributed by atoms with Crippen LogP contribution in [0, 0.1) is 0 Å². The van der Waals surface area contributed by atoms with Gasteiger partial charge in [0.05, 0.1) is 12.7 Å². The number of halogens is 1. The zero-order chi connectivity index (χ0) is 20.6. The van der Waals surface area contributed by atoms with Crippen molar-refractivity contribution in [3.8, 4) is 0 Å². The van der Waals surface area contributed by atoms with E-state index in [2.05, 4.69) is 22.2 Å². The van der Waals surface area contributed by atoms with Gasteiger partial charge in [-0.3, -0.25) is 4.79 Å². The van der Waals surface area contributed by atoms with E-state index in [1.165, 1.54) is 17.6 Å². The van der Waals surface area contributed by atoms with Gasteiger partial charge >= 0.3 is 5.97 Å². The van der Waals surface area contributed by atoms with Crippen LogP contribution in [0.2, 0.25) is 5.02 Å². The minimum Gasteiger partial charge on any atom is -0.465 e. The second-order valence-electron chi connectivity index (χ2n) is 7.45. The van der Waals surface area contributed by atoms with Gasteiger partial charge in [0.15, 0.2) is 6.54 Å². The molecule has 1 amide bonds. The highest BCUT2D eigenvalue weighted by molar-refractivity contribution is 6.30. The average Bonchev–Trinajstić information content (AvgIpc) is 2.75. The molecule has 3 rings (SSSR count). The second-order valence-corrected chi connectivity index (χ2v) is 7.88. The monoisotopic (exact) mass is 417 g/mol. The number of carbonyl (C=O) groups is 2. The molecule has 3 N–H and O–H groups in total. The average molecular weight is 418 g/mol. The van der Waals surface area contributed by atoms with E-state index in [0.29, 0.717) is 18.7 Å². The Morgan fingerprint density at radius 3 is 2.14 bits per heavy atom. The molecule has 0 aromatic heterocycles. The molecule has 2 aromatic rings. The summed E-state index contributed by atoms with van der Waals surface area (Å²) in [4.78, 5) is 26.6. The number of hydrogen-bond donors (Lipinski definition) is 3.